The maximum atomic E-state index is 10.5. The molecule has 0 aliphatic carbocycles. The Hall–Kier alpha value is -2.68. The molecule has 1 aromatic heterocycles. The van der Waals surface area contributed by atoms with E-state index in [-0.39, 0.29) is 0 Å². The van der Waals surface area contributed by atoms with Crippen molar-refractivity contribution in [3.63, 3.8) is 0 Å². The Labute approximate surface area is 123 Å². The van der Waals surface area contributed by atoms with Crippen LogP contribution < -0.4 is 4.74 Å². The summed E-state index contributed by atoms with van der Waals surface area (Å²) in [4.78, 5) is 15.1. The predicted octanol–water partition coefficient (Wildman–Crippen LogP) is 3.58. The number of carbonyl (C=O) groups excluding carboxylic acids is 1. The molecule has 3 aromatic rings. The Bertz CT molecular complexity index is 779. The summed E-state index contributed by atoms with van der Waals surface area (Å²) >= 11 is 0. The normalized spacial score (nSPS) is 10.5. The first-order valence-electron chi connectivity index (χ1n) is 6.72. The molecule has 0 aliphatic rings. The topological polar surface area (TPSA) is 39.2 Å². The molecule has 2 aromatic carbocycles. The fourth-order valence-corrected chi connectivity index (χ4v) is 2.18. The minimum Gasteiger partial charge on any atom is -0.489 e. The average molecular weight is 276 g/mol. The summed E-state index contributed by atoms with van der Waals surface area (Å²) in [5.74, 6) is 0.724. The van der Waals surface area contributed by atoms with E-state index in [1.807, 2.05) is 37.5 Å². The number of hydrogen-bond donors (Lipinski definition) is 0. The van der Waals surface area contributed by atoms with E-state index in [1.54, 1.807) is 24.3 Å². The van der Waals surface area contributed by atoms with Gasteiger partial charge in [0.05, 0.1) is 5.52 Å². The maximum absolute atomic E-state index is 10.5. The van der Waals surface area contributed by atoms with Gasteiger partial charge in [-0.3, -0.25) is 9.78 Å². The van der Waals surface area contributed by atoms with Crippen LogP contribution in [-0.2, 0) is 11.4 Å². The number of aryl methyl sites for hydroxylation is 1. The van der Waals surface area contributed by atoms with Crippen LogP contribution in [0.3, 0.4) is 0 Å². The second-order valence-corrected chi connectivity index (χ2v) is 4.84. The predicted molar refractivity (Wildman–Crippen MR) is 82.0 cm³/mol. The van der Waals surface area contributed by atoms with Crippen molar-refractivity contribution < 1.29 is 9.53 Å². The molecule has 0 aliphatic heterocycles. The standard InChI is InChI=1S/C18H14NO2/c1-13-16(10-15-4-2-3-5-18(15)19-13)12-21-17-8-6-14(11-20)7-9-17/h2-10H,12H2,1H3. The summed E-state index contributed by atoms with van der Waals surface area (Å²) < 4.78 is 5.75. The maximum Gasteiger partial charge on any atom is 0.233 e. The summed E-state index contributed by atoms with van der Waals surface area (Å²) in [6.07, 6.45) is 1.84. The lowest BCUT2D eigenvalue weighted by atomic mass is 10.1. The number of hydrogen-bond acceptors (Lipinski definition) is 3. The molecule has 0 saturated carbocycles. The molecule has 1 heterocycles. The van der Waals surface area contributed by atoms with Gasteiger partial charge in [-0.15, -0.1) is 0 Å². The van der Waals surface area contributed by atoms with Crippen molar-refractivity contribution in [3.8, 4) is 5.75 Å². The Morgan fingerprint density at radius 1 is 1.10 bits per heavy atom. The molecule has 3 heteroatoms. The van der Waals surface area contributed by atoms with Crippen molar-refractivity contribution in [2.45, 2.75) is 13.5 Å². The summed E-state index contributed by atoms with van der Waals surface area (Å²) in [6.45, 7) is 2.43. The number of aromatic nitrogens is 1. The van der Waals surface area contributed by atoms with Gasteiger partial charge in [-0.2, -0.15) is 0 Å². The van der Waals surface area contributed by atoms with Crippen LogP contribution in [0.25, 0.3) is 10.9 Å². The van der Waals surface area contributed by atoms with Crippen LogP contribution in [0.5, 0.6) is 5.75 Å². The zero-order chi connectivity index (χ0) is 14.7. The highest BCUT2D eigenvalue weighted by Crippen LogP contribution is 2.19. The zero-order valence-corrected chi connectivity index (χ0v) is 11.7. The van der Waals surface area contributed by atoms with Gasteiger partial charge in [-0.25, -0.2) is 0 Å². The molecule has 21 heavy (non-hydrogen) atoms. The molecular formula is C18H14NO2. The van der Waals surface area contributed by atoms with Crippen LogP contribution in [0.4, 0.5) is 0 Å². The van der Waals surface area contributed by atoms with E-state index in [1.165, 1.54) is 0 Å². The van der Waals surface area contributed by atoms with Crippen molar-refractivity contribution in [2.24, 2.45) is 0 Å². The van der Waals surface area contributed by atoms with E-state index in [0.29, 0.717) is 12.2 Å². The number of nitrogens with zero attached hydrogens (tertiary/aromatic N) is 1. The molecule has 1 radical (unpaired) electrons. The van der Waals surface area contributed by atoms with Crippen LogP contribution in [0.15, 0.2) is 54.6 Å². The molecule has 103 valence electrons. The lowest BCUT2D eigenvalue weighted by Crippen LogP contribution is -2.00. The van der Waals surface area contributed by atoms with Gasteiger partial charge < -0.3 is 4.74 Å². The highest BCUT2D eigenvalue weighted by Gasteiger charge is 2.04. The Morgan fingerprint density at radius 2 is 1.86 bits per heavy atom. The summed E-state index contributed by atoms with van der Waals surface area (Å²) in [5, 5.41) is 1.10. The van der Waals surface area contributed by atoms with Gasteiger partial charge in [-0.1, -0.05) is 18.2 Å². The molecule has 0 amide bonds. The third-order valence-corrected chi connectivity index (χ3v) is 3.39. The van der Waals surface area contributed by atoms with E-state index in [4.69, 9.17) is 4.74 Å². The van der Waals surface area contributed by atoms with Crippen LogP contribution in [0.1, 0.15) is 16.8 Å². The number of fused-ring (bicyclic) bond motifs is 1. The fraction of sp³-hybridized carbons (Fsp3) is 0.111. The second kappa shape index (κ2) is 5.75. The Kier molecular flexibility index (Phi) is 3.65. The van der Waals surface area contributed by atoms with Crippen molar-refractivity contribution in [3.05, 3.63) is 71.4 Å². The first kappa shape index (κ1) is 13.3. The number of ether oxygens (including phenoxy) is 1. The zero-order valence-electron chi connectivity index (χ0n) is 11.7. The lowest BCUT2D eigenvalue weighted by Gasteiger charge is -2.09. The van der Waals surface area contributed by atoms with Crippen LogP contribution in [0.2, 0.25) is 0 Å². The second-order valence-electron chi connectivity index (χ2n) is 4.84. The smallest absolute Gasteiger partial charge is 0.233 e. The minimum atomic E-state index is 0.452. The molecule has 0 atom stereocenters. The van der Waals surface area contributed by atoms with Crippen LogP contribution in [-0.4, -0.2) is 11.3 Å². The SMILES string of the molecule is Cc1nc2ccccc2cc1COc1ccc([C]=O)cc1. The third-order valence-electron chi connectivity index (χ3n) is 3.39. The summed E-state index contributed by atoms with van der Waals surface area (Å²) in [5.41, 5.74) is 3.53. The molecule has 0 spiro atoms. The Balaban J connectivity index is 1.80. The van der Waals surface area contributed by atoms with Crippen LogP contribution >= 0.6 is 0 Å². The molecule has 0 N–H and O–H groups in total. The average Bonchev–Trinajstić information content (AvgIpc) is 2.53. The number of benzene rings is 2. The molecule has 0 unspecified atom stereocenters. The third kappa shape index (κ3) is 2.92. The number of rotatable bonds is 4. The quantitative estimate of drug-likeness (QED) is 0.731. The van der Waals surface area contributed by atoms with Gasteiger partial charge in [0.1, 0.15) is 12.4 Å². The molecular weight excluding hydrogens is 262 g/mol. The van der Waals surface area contributed by atoms with E-state index in [9.17, 15) is 4.79 Å². The van der Waals surface area contributed by atoms with Gasteiger partial charge >= 0.3 is 0 Å². The monoisotopic (exact) mass is 276 g/mol. The van der Waals surface area contributed by atoms with E-state index in [0.717, 1.165) is 27.9 Å². The number of para-hydroxylation sites is 1. The first-order chi connectivity index (χ1) is 10.3. The van der Waals surface area contributed by atoms with E-state index < -0.39 is 0 Å². The molecule has 0 fully saturated rings. The summed E-state index contributed by atoms with van der Waals surface area (Å²) in [7, 11) is 0. The Morgan fingerprint density at radius 3 is 2.62 bits per heavy atom. The van der Waals surface area contributed by atoms with Crippen molar-refractivity contribution >= 4 is 17.2 Å². The molecule has 3 rings (SSSR count). The van der Waals surface area contributed by atoms with Crippen molar-refractivity contribution in [1.82, 2.24) is 4.98 Å². The molecule has 3 nitrogen and oxygen atoms in total. The van der Waals surface area contributed by atoms with Crippen LogP contribution in [0, 0.1) is 6.92 Å². The number of pyridine rings is 1. The van der Waals surface area contributed by atoms with Gasteiger partial charge in [0, 0.05) is 22.2 Å². The summed E-state index contributed by atoms with van der Waals surface area (Å²) in [6, 6.07) is 17.0. The first-order valence-corrected chi connectivity index (χ1v) is 6.72. The minimum absolute atomic E-state index is 0.452. The molecule has 0 bridgehead atoms. The van der Waals surface area contributed by atoms with Crippen molar-refractivity contribution in [1.29, 1.82) is 0 Å². The van der Waals surface area contributed by atoms with Gasteiger partial charge in [0.2, 0.25) is 6.29 Å². The van der Waals surface area contributed by atoms with Gasteiger partial charge in [-0.05, 0) is 43.3 Å². The molecule has 0 saturated heterocycles. The highest BCUT2D eigenvalue weighted by atomic mass is 16.5. The van der Waals surface area contributed by atoms with E-state index in [2.05, 4.69) is 11.1 Å². The van der Waals surface area contributed by atoms with Crippen molar-refractivity contribution in [2.75, 3.05) is 0 Å². The highest BCUT2D eigenvalue weighted by molar-refractivity contribution is 5.79. The fourth-order valence-electron chi connectivity index (χ4n) is 2.18. The lowest BCUT2D eigenvalue weighted by molar-refractivity contribution is 0.305. The van der Waals surface area contributed by atoms with Gasteiger partial charge in [0.25, 0.3) is 0 Å². The van der Waals surface area contributed by atoms with E-state index >= 15 is 0 Å². The van der Waals surface area contributed by atoms with Gasteiger partial charge in [0.15, 0.2) is 0 Å². The largest absolute Gasteiger partial charge is 0.489 e.